The number of aromatic nitrogens is 2. The minimum atomic E-state index is 0.676. The number of benzene rings is 10. The van der Waals surface area contributed by atoms with Gasteiger partial charge in [0, 0.05) is 27.6 Å². The average molecular weight is 777 g/mol. The largest absolute Gasteiger partial charge is 0.456 e. The Kier molecular flexibility index (Phi) is 8.17. The maximum Gasteiger partial charge on any atom is 0.160 e. The fourth-order valence-electron chi connectivity index (χ4n) is 9.29. The summed E-state index contributed by atoms with van der Waals surface area (Å²) in [6.45, 7) is 0. The van der Waals surface area contributed by atoms with E-state index in [1.165, 1.54) is 60.0 Å². The summed E-state index contributed by atoms with van der Waals surface area (Å²) >= 11 is 0. The van der Waals surface area contributed by atoms with E-state index < -0.39 is 0 Å². The number of nitrogens with zero attached hydrogens (tertiary/aromatic N) is 2. The number of fused-ring (bicyclic) bond motifs is 6. The molecule has 3 nitrogen and oxygen atoms in total. The van der Waals surface area contributed by atoms with Crippen molar-refractivity contribution in [1.82, 2.24) is 9.97 Å². The Hall–Kier alpha value is -8.14. The summed E-state index contributed by atoms with van der Waals surface area (Å²) in [5, 5.41) is 10.8. The maximum atomic E-state index is 6.30. The van der Waals surface area contributed by atoms with Crippen molar-refractivity contribution in [3.63, 3.8) is 0 Å². The lowest BCUT2D eigenvalue weighted by Crippen LogP contribution is -1.97. The van der Waals surface area contributed by atoms with Gasteiger partial charge in [-0.3, -0.25) is 0 Å². The van der Waals surface area contributed by atoms with Gasteiger partial charge in [0.1, 0.15) is 11.3 Å². The van der Waals surface area contributed by atoms with Crippen molar-refractivity contribution >= 4 is 54.1 Å². The minimum Gasteiger partial charge on any atom is -0.456 e. The predicted octanol–water partition coefficient (Wildman–Crippen LogP) is 15.8. The molecule has 0 radical (unpaired) electrons. The fraction of sp³-hybridized carbons (Fsp3) is 0. The first-order valence-corrected chi connectivity index (χ1v) is 20.7. The Bertz CT molecular complexity index is 3610. The first kappa shape index (κ1) is 34.9. The zero-order valence-corrected chi connectivity index (χ0v) is 33.1. The van der Waals surface area contributed by atoms with Gasteiger partial charge in [0.2, 0.25) is 0 Å². The van der Waals surface area contributed by atoms with Crippen LogP contribution in [-0.4, -0.2) is 9.97 Å². The van der Waals surface area contributed by atoms with Gasteiger partial charge in [-0.25, -0.2) is 9.97 Å². The van der Waals surface area contributed by atoms with E-state index in [2.05, 4.69) is 182 Å². The molecule has 0 aliphatic carbocycles. The van der Waals surface area contributed by atoms with Crippen molar-refractivity contribution in [1.29, 1.82) is 0 Å². The zero-order chi connectivity index (χ0) is 40.3. The molecule has 12 rings (SSSR count). The van der Waals surface area contributed by atoms with Crippen molar-refractivity contribution in [2.24, 2.45) is 0 Å². The number of furan rings is 1. The number of hydrogen-bond acceptors (Lipinski definition) is 3. The number of rotatable bonds is 6. The topological polar surface area (TPSA) is 38.9 Å². The summed E-state index contributed by atoms with van der Waals surface area (Å²) in [6.07, 6.45) is 0. The summed E-state index contributed by atoms with van der Waals surface area (Å²) in [4.78, 5) is 10.5. The number of hydrogen-bond donors (Lipinski definition) is 0. The Labute approximate surface area is 352 Å². The molecule has 0 atom stereocenters. The lowest BCUT2D eigenvalue weighted by molar-refractivity contribution is 0.631. The average Bonchev–Trinajstić information content (AvgIpc) is 3.78. The van der Waals surface area contributed by atoms with Crippen LogP contribution in [0.1, 0.15) is 0 Å². The molecule has 0 saturated carbocycles. The second-order valence-corrected chi connectivity index (χ2v) is 15.6. The van der Waals surface area contributed by atoms with Crippen LogP contribution in [0.25, 0.3) is 122 Å². The van der Waals surface area contributed by atoms with Gasteiger partial charge in [-0.1, -0.05) is 194 Å². The first-order valence-electron chi connectivity index (χ1n) is 20.7. The molecule has 0 unspecified atom stereocenters. The molecule has 0 saturated heterocycles. The molecule has 3 heteroatoms. The van der Waals surface area contributed by atoms with Crippen LogP contribution in [0.15, 0.2) is 223 Å². The van der Waals surface area contributed by atoms with Crippen molar-refractivity contribution in [3.05, 3.63) is 218 Å². The van der Waals surface area contributed by atoms with E-state index in [1.807, 2.05) is 36.4 Å². The molecule has 61 heavy (non-hydrogen) atoms. The highest BCUT2D eigenvalue weighted by Gasteiger charge is 2.22. The molecule has 284 valence electrons. The maximum absolute atomic E-state index is 6.30. The van der Waals surface area contributed by atoms with E-state index in [4.69, 9.17) is 14.4 Å². The molecule has 0 amide bonds. The smallest absolute Gasteiger partial charge is 0.160 e. The standard InChI is InChI=1S/C58H36N2O/c1-3-17-38(18-4-1)55-47-27-12-13-28-48(47)57(56-43-24-9-7-16-37(43)30-31-50(55)56)49-33-32-46(44-25-10-11-26-45(44)49)52-36-51(59-58(60-52)39-19-5-2-6-20-39)40-22-15-23-41(34-40)54-35-42-21-8-14-29-53(42)61-54/h1-36H. The summed E-state index contributed by atoms with van der Waals surface area (Å²) in [6, 6.07) is 77.6. The fourth-order valence-corrected chi connectivity index (χ4v) is 9.29. The molecule has 10 aromatic carbocycles. The molecule has 0 spiro atoms. The van der Waals surface area contributed by atoms with Gasteiger partial charge in [-0.05, 0) is 89.6 Å². The Morgan fingerprint density at radius 1 is 0.311 bits per heavy atom. The van der Waals surface area contributed by atoms with Gasteiger partial charge in [-0.15, -0.1) is 0 Å². The van der Waals surface area contributed by atoms with Crippen LogP contribution in [0.5, 0.6) is 0 Å². The molecule has 0 bridgehead atoms. The SMILES string of the molecule is c1ccc(-c2nc(-c3cccc(-c4cc5ccccc5o4)c3)cc(-c3ccc(-c4c5ccccc5c(-c5ccccc5)c5ccc6ccccc6c45)c4ccccc34)n2)cc1. The molecule has 2 heterocycles. The van der Waals surface area contributed by atoms with Crippen LogP contribution in [0, 0.1) is 0 Å². The number of para-hydroxylation sites is 1. The van der Waals surface area contributed by atoms with Gasteiger partial charge in [0.25, 0.3) is 0 Å². The molecular formula is C58H36N2O. The van der Waals surface area contributed by atoms with E-state index in [0.717, 1.165) is 55.8 Å². The predicted molar refractivity (Wildman–Crippen MR) is 254 cm³/mol. The van der Waals surface area contributed by atoms with E-state index in [0.29, 0.717) is 5.82 Å². The second-order valence-electron chi connectivity index (χ2n) is 15.6. The van der Waals surface area contributed by atoms with Gasteiger partial charge >= 0.3 is 0 Å². The third-order valence-corrected chi connectivity index (χ3v) is 12.1. The van der Waals surface area contributed by atoms with E-state index in [9.17, 15) is 0 Å². The zero-order valence-electron chi connectivity index (χ0n) is 33.1. The van der Waals surface area contributed by atoms with Gasteiger partial charge in [0.15, 0.2) is 5.82 Å². The van der Waals surface area contributed by atoms with E-state index >= 15 is 0 Å². The first-order chi connectivity index (χ1) is 30.2. The molecular weight excluding hydrogens is 741 g/mol. The van der Waals surface area contributed by atoms with E-state index in [-0.39, 0.29) is 0 Å². The Morgan fingerprint density at radius 3 is 1.66 bits per heavy atom. The van der Waals surface area contributed by atoms with Gasteiger partial charge < -0.3 is 4.42 Å². The molecule has 0 N–H and O–H groups in total. The monoisotopic (exact) mass is 776 g/mol. The lowest BCUT2D eigenvalue weighted by Gasteiger charge is -2.21. The van der Waals surface area contributed by atoms with E-state index in [1.54, 1.807) is 0 Å². The van der Waals surface area contributed by atoms with Crippen LogP contribution < -0.4 is 0 Å². The van der Waals surface area contributed by atoms with Crippen molar-refractivity contribution < 1.29 is 4.42 Å². The van der Waals surface area contributed by atoms with Crippen molar-refractivity contribution in [3.8, 4) is 67.5 Å². The molecule has 12 aromatic rings. The molecule has 0 fully saturated rings. The highest BCUT2D eigenvalue weighted by Crippen LogP contribution is 2.48. The van der Waals surface area contributed by atoms with Gasteiger partial charge in [0.05, 0.1) is 11.4 Å². The Morgan fingerprint density at radius 2 is 0.885 bits per heavy atom. The van der Waals surface area contributed by atoms with Crippen LogP contribution in [0.3, 0.4) is 0 Å². The van der Waals surface area contributed by atoms with Crippen LogP contribution in [0.2, 0.25) is 0 Å². The van der Waals surface area contributed by atoms with Crippen LogP contribution >= 0.6 is 0 Å². The molecule has 2 aromatic heterocycles. The summed E-state index contributed by atoms with van der Waals surface area (Å²) in [7, 11) is 0. The van der Waals surface area contributed by atoms with Crippen molar-refractivity contribution in [2.45, 2.75) is 0 Å². The minimum absolute atomic E-state index is 0.676. The molecule has 0 aliphatic rings. The van der Waals surface area contributed by atoms with Gasteiger partial charge in [-0.2, -0.15) is 0 Å². The normalized spacial score (nSPS) is 11.6. The second kappa shape index (κ2) is 14.3. The third-order valence-electron chi connectivity index (χ3n) is 12.1. The molecule has 0 aliphatic heterocycles. The van der Waals surface area contributed by atoms with Crippen LogP contribution in [0.4, 0.5) is 0 Å². The third kappa shape index (κ3) is 5.90. The summed E-state index contributed by atoms with van der Waals surface area (Å²) in [5.41, 5.74) is 11.5. The lowest BCUT2D eigenvalue weighted by atomic mass is 9.82. The highest BCUT2D eigenvalue weighted by atomic mass is 16.3. The summed E-state index contributed by atoms with van der Waals surface area (Å²) < 4.78 is 6.30. The van der Waals surface area contributed by atoms with Crippen molar-refractivity contribution in [2.75, 3.05) is 0 Å². The Balaban J connectivity index is 1.10. The quantitative estimate of drug-likeness (QED) is 0.125. The van der Waals surface area contributed by atoms with Crippen LogP contribution in [-0.2, 0) is 0 Å². The highest BCUT2D eigenvalue weighted by molar-refractivity contribution is 6.29. The summed E-state index contributed by atoms with van der Waals surface area (Å²) in [5.74, 6) is 1.50.